The number of fused-ring (bicyclic) bond motifs is 1. The van der Waals surface area contributed by atoms with Crippen LogP contribution in [0.4, 0.5) is 19.0 Å². The molecule has 3 aromatic rings. The molecule has 0 saturated carbocycles. The van der Waals surface area contributed by atoms with E-state index in [4.69, 9.17) is 0 Å². The molecule has 0 aliphatic carbocycles. The Bertz CT molecular complexity index is 1200. The van der Waals surface area contributed by atoms with Crippen molar-refractivity contribution < 1.29 is 22.8 Å². The number of pyridine rings is 1. The average molecular weight is 466 g/mol. The van der Waals surface area contributed by atoms with Crippen LogP contribution in [0.3, 0.4) is 0 Å². The summed E-state index contributed by atoms with van der Waals surface area (Å²) in [7, 11) is -2.66. The van der Waals surface area contributed by atoms with E-state index >= 15 is 4.39 Å². The second kappa shape index (κ2) is 8.79. The summed E-state index contributed by atoms with van der Waals surface area (Å²) < 4.78 is 56.4. The van der Waals surface area contributed by atoms with Gasteiger partial charge in [0.05, 0.1) is 23.3 Å². The fourth-order valence-corrected chi connectivity index (χ4v) is 4.35. The molecule has 32 heavy (non-hydrogen) atoms. The molecule has 0 aliphatic heterocycles. The highest BCUT2D eigenvalue weighted by molar-refractivity contribution is 7.70. The van der Waals surface area contributed by atoms with Gasteiger partial charge in [0.25, 0.3) is 0 Å². The number of nitrogens with one attached hydrogen (secondary N) is 1. The molecule has 0 amide bonds. The van der Waals surface area contributed by atoms with Crippen LogP contribution in [0.2, 0.25) is 0 Å². The van der Waals surface area contributed by atoms with Gasteiger partial charge >= 0.3 is 5.92 Å². The molecular formula is C22H26F3N4O2P. The average Bonchev–Trinajstić information content (AvgIpc) is 2.73. The van der Waals surface area contributed by atoms with Crippen LogP contribution in [0, 0.1) is 12.7 Å². The van der Waals surface area contributed by atoms with Crippen molar-refractivity contribution >= 4 is 29.3 Å². The van der Waals surface area contributed by atoms with E-state index in [2.05, 4.69) is 20.3 Å². The third kappa shape index (κ3) is 4.50. The number of halogens is 3. The van der Waals surface area contributed by atoms with Gasteiger partial charge < -0.3 is 15.0 Å². The lowest BCUT2D eigenvalue weighted by atomic mass is 9.97. The van der Waals surface area contributed by atoms with Crippen LogP contribution in [0.25, 0.3) is 10.9 Å². The Balaban J connectivity index is 2.06. The number of aryl methyl sites for hydroxylation is 1. The third-order valence-electron chi connectivity index (χ3n) is 5.50. The molecule has 6 nitrogen and oxygen atoms in total. The Hall–Kier alpha value is -2.51. The summed E-state index contributed by atoms with van der Waals surface area (Å²) in [5.41, 5.74) is 0.0716. The Labute approximate surface area is 184 Å². The second-order valence-electron chi connectivity index (χ2n) is 7.97. The SMILES string of the molecule is CCP(C)(=O)c1cc2c(NC(C)c3cccc(C(F)(F)C(C)O)c3F)nc(C)nc2cn1. The minimum absolute atomic E-state index is 0.00348. The molecule has 10 heteroatoms. The molecule has 0 bridgehead atoms. The third-order valence-corrected chi connectivity index (χ3v) is 7.92. The monoisotopic (exact) mass is 466 g/mol. The van der Waals surface area contributed by atoms with Crippen molar-refractivity contribution in [3.8, 4) is 0 Å². The number of nitrogens with zero attached hydrogens (tertiary/aromatic N) is 3. The van der Waals surface area contributed by atoms with E-state index < -0.39 is 36.6 Å². The van der Waals surface area contributed by atoms with Gasteiger partial charge in [0.15, 0.2) is 0 Å². The van der Waals surface area contributed by atoms with Crippen LogP contribution in [0.15, 0.2) is 30.5 Å². The largest absolute Gasteiger partial charge is 0.387 e. The molecule has 3 rings (SSSR count). The smallest absolute Gasteiger partial charge is 0.301 e. The van der Waals surface area contributed by atoms with Crippen LogP contribution in [-0.2, 0) is 10.5 Å². The molecule has 172 valence electrons. The maximum absolute atomic E-state index is 15.0. The van der Waals surface area contributed by atoms with Gasteiger partial charge in [-0.3, -0.25) is 4.98 Å². The molecule has 1 aromatic carbocycles. The minimum atomic E-state index is -3.74. The summed E-state index contributed by atoms with van der Waals surface area (Å²) >= 11 is 0. The van der Waals surface area contributed by atoms with E-state index in [0.29, 0.717) is 34.1 Å². The summed E-state index contributed by atoms with van der Waals surface area (Å²) in [5.74, 6) is -4.04. The summed E-state index contributed by atoms with van der Waals surface area (Å²) in [4.78, 5) is 13.0. The summed E-state index contributed by atoms with van der Waals surface area (Å²) in [6, 6.07) is 4.59. The van der Waals surface area contributed by atoms with Crippen molar-refractivity contribution in [1.29, 1.82) is 0 Å². The highest BCUT2D eigenvalue weighted by Crippen LogP contribution is 2.40. The Morgan fingerprint density at radius 2 is 1.94 bits per heavy atom. The van der Waals surface area contributed by atoms with Crippen LogP contribution in [0.1, 0.15) is 43.8 Å². The standard InChI is InChI=1S/C22H26F3N4O2P/c1-6-32(5,31)19-10-16-18(11-26-19)28-14(4)29-21(16)27-12(2)15-8-7-9-17(20(15)23)22(24,25)13(3)30/h7-13,30H,6H2,1-5H3,(H,27,28,29). The topological polar surface area (TPSA) is 88.0 Å². The lowest BCUT2D eigenvalue weighted by Crippen LogP contribution is -2.29. The molecule has 0 radical (unpaired) electrons. The molecule has 0 saturated heterocycles. The summed E-state index contributed by atoms with van der Waals surface area (Å²) in [5, 5.41) is 13.0. The van der Waals surface area contributed by atoms with Crippen LogP contribution in [0.5, 0.6) is 0 Å². The van der Waals surface area contributed by atoms with Crippen molar-refractivity contribution in [1.82, 2.24) is 15.0 Å². The normalized spacial score (nSPS) is 15.9. The van der Waals surface area contributed by atoms with Gasteiger partial charge in [-0.25, -0.2) is 14.4 Å². The predicted octanol–water partition coefficient (Wildman–Crippen LogP) is 4.76. The number of hydrogen-bond donors (Lipinski definition) is 2. The van der Waals surface area contributed by atoms with Gasteiger partial charge in [0.2, 0.25) is 0 Å². The molecule has 0 aliphatic rings. The first-order valence-electron chi connectivity index (χ1n) is 10.2. The van der Waals surface area contributed by atoms with Crippen molar-refractivity contribution in [3.63, 3.8) is 0 Å². The van der Waals surface area contributed by atoms with E-state index in [1.165, 1.54) is 18.3 Å². The molecule has 0 fully saturated rings. The number of rotatable bonds is 7. The zero-order valence-electron chi connectivity index (χ0n) is 18.5. The second-order valence-corrected chi connectivity index (χ2v) is 11.3. The highest BCUT2D eigenvalue weighted by atomic mass is 31.2. The van der Waals surface area contributed by atoms with Crippen LogP contribution in [-0.4, -0.2) is 39.0 Å². The van der Waals surface area contributed by atoms with Crippen molar-refractivity contribution in [2.24, 2.45) is 0 Å². The fraction of sp³-hybridized carbons (Fsp3) is 0.409. The van der Waals surface area contributed by atoms with Gasteiger partial charge in [-0.05, 0) is 39.6 Å². The number of alkyl halides is 2. The van der Waals surface area contributed by atoms with Gasteiger partial charge in [-0.1, -0.05) is 19.1 Å². The first-order chi connectivity index (χ1) is 14.9. The summed E-state index contributed by atoms with van der Waals surface area (Å²) in [6.07, 6.45) is -0.0867. The molecule has 0 spiro atoms. The zero-order valence-corrected chi connectivity index (χ0v) is 19.4. The number of aromatic nitrogens is 3. The number of aliphatic hydroxyl groups excluding tert-OH is 1. The van der Waals surface area contributed by atoms with Gasteiger partial charge in [-0.15, -0.1) is 0 Å². The molecule has 3 atom stereocenters. The Morgan fingerprint density at radius 1 is 1.25 bits per heavy atom. The number of anilines is 1. The van der Waals surface area contributed by atoms with Crippen molar-refractivity contribution in [2.75, 3.05) is 18.1 Å². The Morgan fingerprint density at radius 3 is 2.56 bits per heavy atom. The Kier molecular flexibility index (Phi) is 6.63. The lowest BCUT2D eigenvalue weighted by molar-refractivity contribution is -0.108. The number of hydrogen-bond acceptors (Lipinski definition) is 6. The maximum atomic E-state index is 15.0. The number of aliphatic hydroxyl groups is 1. The molecule has 2 heterocycles. The van der Waals surface area contributed by atoms with E-state index in [-0.39, 0.29) is 5.56 Å². The highest BCUT2D eigenvalue weighted by Gasteiger charge is 2.40. The molecular weight excluding hydrogens is 440 g/mol. The van der Waals surface area contributed by atoms with Crippen molar-refractivity contribution in [2.45, 2.75) is 45.8 Å². The van der Waals surface area contributed by atoms with Crippen LogP contribution >= 0.6 is 7.14 Å². The molecule has 2 aromatic heterocycles. The van der Waals surface area contributed by atoms with E-state index in [1.54, 1.807) is 26.6 Å². The number of benzene rings is 1. The van der Waals surface area contributed by atoms with Gasteiger partial charge in [0, 0.05) is 17.1 Å². The quantitative estimate of drug-likeness (QED) is 0.489. The van der Waals surface area contributed by atoms with E-state index in [1.807, 2.05) is 6.92 Å². The molecule has 3 unspecified atom stereocenters. The maximum Gasteiger partial charge on any atom is 0.301 e. The van der Waals surface area contributed by atoms with Gasteiger partial charge in [-0.2, -0.15) is 8.78 Å². The van der Waals surface area contributed by atoms with E-state index in [0.717, 1.165) is 13.0 Å². The van der Waals surface area contributed by atoms with Gasteiger partial charge in [0.1, 0.15) is 36.1 Å². The van der Waals surface area contributed by atoms with Crippen LogP contribution < -0.4 is 10.8 Å². The predicted molar refractivity (Wildman–Crippen MR) is 120 cm³/mol. The zero-order chi connectivity index (χ0) is 23.8. The summed E-state index contributed by atoms with van der Waals surface area (Å²) in [6.45, 7) is 7.68. The minimum Gasteiger partial charge on any atom is -0.387 e. The first kappa shape index (κ1) is 24.1. The van der Waals surface area contributed by atoms with E-state index in [9.17, 15) is 18.5 Å². The molecule has 2 N–H and O–H groups in total. The fourth-order valence-electron chi connectivity index (χ4n) is 3.32. The first-order valence-corrected chi connectivity index (χ1v) is 12.5. The lowest BCUT2D eigenvalue weighted by Gasteiger charge is -2.23. The van der Waals surface area contributed by atoms with Crippen molar-refractivity contribution in [3.05, 3.63) is 53.2 Å².